The molecular formula is C27H21ClO6. The quantitative estimate of drug-likeness (QED) is 0.327. The fourth-order valence-electron chi connectivity index (χ4n) is 4.21. The molecule has 4 aromatic rings. The largest absolute Gasteiger partial charge is 0.493 e. The number of hydrogen-bond donors (Lipinski definition) is 0. The summed E-state index contributed by atoms with van der Waals surface area (Å²) in [5.41, 5.74) is 1.95. The Morgan fingerprint density at radius 1 is 0.882 bits per heavy atom. The lowest BCUT2D eigenvalue weighted by molar-refractivity contribution is 0.323. The predicted molar refractivity (Wildman–Crippen MR) is 130 cm³/mol. The minimum Gasteiger partial charge on any atom is -0.493 e. The van der Waals surface area contributed by atoms with Crippen LogP contribution in [0.4, 0.5) is 0 Å². The lowest BCUT2D eigenvalue weighted by Gasteiger charge is -2.26. The first-order valence-corrected chi connectivity index (χ1v) is 10.9. The summed E-state index contributed by atoms with van der Waals surface area (Å²) in [6.45, 7) is 0. The van der Waals surface area contributed by atoms with Gasteiger partial charge in [-0.25, -0.2) is 4.79 Å². The van der Waals surface area contributed by atoms with Gasteiger partial charge in [0.2, 0.25) is 5.75 Å². The first-order chi connectivity index (χ1) is 16.5. The van der Waals surface area contributed by atoms with Crippen LogP contribution in [0.5, 0.6) is 23.0 Å². The predicted octanol–water partition coefficient (Wildman–Crippen LogP) is 6.04. The summed E-state index contributed by atoms with van der Waals surface area (Å²) >= 11 is 6.10. The van der Waals surface area contributed by atoms with E-state index in [2.05, 4.69) is 0 Å². The molecule has 1 aromatic heterocycles. The highest BCUT2D eigenvalue weighted by Crippen LogP contribution is 2.46. The molecule has 2 heterocycles. The number of ether oxygens (including phenoxy) is 4. The van der Waals surface area contributed by atoms with E-state index in [4.69, 9.17) is 35.0 Å². The van der Waals surface area contributed by atoms with Crippen LogP contribution in [-0.2, 0) is 0 Å². The first-order valence-electron chi connectivity index (χ1n) is 10.5. The fraction of sp³-hybridized carbons (Fsp3) is 0.148. The van der Waals surface area contributed by atoms with Crippen LogP contribution >= 0.6 is 11.6 Å². The van der Waals surface area contributed by atoms with Crippen LogP contribution in [0.15, 0.2) is 76.0 Å². The van der Waals surface area contributed by atoms with Gasteiger partial charge in [0.15, 0.2) is 11.5 Å². The zero-order valence-corrected chi connectivity index (χ0v) is 19.5. The van der Waals surface area contributed by atoms with Crippen molar-refractivity contribution in [3.63, 3.8) is 0 Å². The Kier molecular flexibility index (Phi) is 5.67. The molecule has 5 rings (SSSR count). The number of rotatable bonds is 5. The number of allylic oxidation sites excluding steroid dienone is 1. The van der Waals surface area contributed by atoms with Gasteiger partial charge in [0.05, 0.1) is 32.3 Å². The Morgan fingerprint density at radius 2 is 1.56 bits per heavy atom. The number of benzene rings is 3. The van der Waals surface area contributed by atoms with Crippen LogP contribution in [-0.4, -0.2) is 21.3 Å². The van der Waals surface area contributed by atoms with Gasteiger partial charge >= 0.3 is 5.63 Å². The van der Waals surface area contributed by atoms with E-state index < -0.39 is 11.5 Å². The van der Waals surface area contributed by atoms with Gasteiger partial charge in [-0.15, -0.1) is 0 Å². The summed E-state index contributed by atoms with van der Waals surface area (Å²) in [7, 11) is 4.65. The molecule has 1 aliphatic heterocycles. The third kappa shape index (κ3) is 3.66. The van der Waals surface area contributed by atoms with Crippen molar-refractivity contribution in [2.75, 3.05) is 21.3 Å². The Hall–Kier alpha value is -3.90. The van der Waals surface area contributed by atoms with Gasteiger partial charge < -0.3 is 23.4 Å². The van der Waals surface area contributed by atoms with Gasteiger partial charge in [0, 0.05) is 16.5 Å². The van der Waals surface area contributed by atoms with Crippen LogP contribution in [0.3, 0.4) is 0 Å². The van der Waals surface area contributed by atoms with Crippen LogP contribution in [0, 0.1) is 0 Å². The zero-order valence-electron chi connectivity index (χ0n) is 18.8. The fourth-order valence-corrected chi connectivity index (χ4v) is 4.33. The second kappa shape index (κ2) is 8.80. The molecule has 0 saturated heterocycles. The van der Waals surface area contributed by atoms with Crippen molar-refractivity contribution in [3.05, 3.63) is 98.9 Å². The van der Waals surface area contributed by atoms with Crippen LogP contribution in [0.2, 0.25) is 5.02 Å². The Balaban J connectivity index is 1.79. The maximum atomic E-state index is 13.2. The standard InChI is InChI=1S/C27H21ClO6/c1-30-22-12-16(13-23(31-2)26(22)32-3)19-14-21(15-8-10-17(28)11-9-15)33-25-18-6-4-5-7-20(18)34-27(29)24(19)25/h4-14,19H,1-3H3. The van der Waals surface area contributed by atoms with E-state index in [0.29, 0.717) is 50.3 Å². The second-order valence-electron chi connectivity index (χ2n) is 7.70. The van der Waals surface area contributed by atoms with E-state index in [1.54, 1.807) is 39.5 Å². The Labute approximate surface area is 200 Å². The van der Waals surface area contributed by atoms with Crippen molar-refractivity contribution in [2.24, 2.45) is 0 Å². The molecule has 1 aliphatic rings. The van der Waals surface area contributed by atoms with E-state index in [9.17, 15) is 4.79 Å². The molecule has 172 valence electrons. The molecule has 3 aromatic carbocycles. The highest BCUT2D eigenvalue weighted by molar-refractivity contribution is 6.30. The van der Waals surface area contributed by atoms with Gasteiger partial charge in [0.1, 0.15) is 17.1 Å². The smallest absolute Gasteiger partial charge is 0.344 e. The normalized spacial score (nSPS) is 14.7. The third-order valence-electron chi connectivity index (χ3n) is 5.81. The SMILES string of the molecule is COc1cc(C2C=C(c3ccc(Cl)cc3)Oc3c2c(=O)oc2ccccc32)cc(OC)c1OC. The molecule has 34 heavy (non-hydrogen) atoms. The van der Waals surface area contributed by atoms with Gasteiger partial charge in [-0.2, -0.15) is 0 Å². The van der Waals surface area contributed by atoms with Gasteiger partial charge in [-0.05, 0) is 60.2 Å². The number of para-hydroxylation sites is 1. The number of fused-ring (bicyclic) bond motifs is 3. The molecule has 1 atom stereocenters. The monoisotopic (exact) mass is 476 g/mol. The van der Waals surface area contributed by atoms with Crippen LogP contribution < -0.4 is 24.6 Å². The van der Waals surface area contributed by atoms with E-state index in [-0.39, 0.29) is 0 Å². The summed E-state index contributed by atoms with van der Waals surface area (Å²) in [5, 5.41) is 1.32. The highest BCUT2D eigenvalue weighted by Gasteiger charge is 2.31. The number of methoxy groups -OCH3 is 3. The van der Waals surface area contributed by atoms with Gasteiger partial charge in [-0.1, -0.05) is 23.7 Å². The van der Waals surface area contributed by atoms with E-state index in [1.807, 2.05) is 48.5 Å². The van der Waals surface area contributed by atoms with Crippen LogP contribution in [0.1, 0.15) is 22.6 Å². The maximum absolute atomic E-state index is 13.2. The van der Waals surface area contributed by atoms with Crippen molar-refractivity contribution in [2.45, 2.75) is 5.92 Å². The van der Waals surface area contributed by atoms with E-state index >= 15 is 0 Å². The molecule has 0 fully saturated rings. The second-order valence-corrected chi connectivity index (χ2v) is 8.14. The molecule has 6 nitrogen and oxygen atoms in total. The molecular weight excluding hydrogens is 456 g/mol. The van der Waals surface area contributed by atoms with Crippen molar-refractivity contribution in [3.8, 4) is 23.0 Å². The molecule has 0 aliphatic carbocycles. The van der Waals surface area contributed by atoms with Gasteiger partial charge in [0.25, 0.3) is 0 Å². The van der Waals surface area contributed by atoms with Crippen LogP contribution in [0.25, 0.3) is 16.7 Å². The molecule has 0 bridgehead atoms. The van der Waals surface area contributed by atoms with Gasteiger partial charge in [-0.3, -0.25) is 0 Å². The Bertz CT molecular complexity index is 1440. The minimum atomic E-state index is -0.496. The highest BCUT2D eigenvalue weighted by atomic mass is 35.5. The molecule has 0 amide bonds. The lowest BCUT2D eigenvalue weighted by atomic mass is 9.87. The molecule has 0 radical (unpaired) electrons. The lowest BCUT2D eigenvalue weighted by Crippen LogP contribution is -2.19. The molecule has 0 N–H and O–H groups in total. The van der Waals surface area contributed by atoms with Crippen molar-refractivity contribution >= 4 is 28.3 Å². The molecule has 7 heteroatoms. The number of halogens is 1. The minimum absolute atomic E-state index is 0.394. The summed E-state index contributed by atoms with van der Waals surface area (Å²) in [6, 6.07) is 18.3. The zero-order chi connectivity index (χ0) is 23.8. The van der Waals surface area contributed by atoms with E-state index in [0.717, 1.165) is 11.1 Å². The van der Waals surface area contributed by atoms with Crippen molar-refractivity contribution in [1.29, 1.82) is 0 Å². The van der Waals surface area contributed by atoms with E-state index in [1.165, 1.54) is 0 Å². The summed E-state index contributed by atoms with van der Waals surface area (Å²) < 4.78 is 28.6. The molecule has 1 unspecified atom stereocenters. The van der Waals surface area contributed by atoms with Crippen molar-refractivity contribution < 1.29 is 23.4 Å². The topological polar surface area (TPSA) is 67.1 Å². The number of hydrogen-bond acceptors (Lipinski definition) is 6. The molecule has 0 saturated carbocycles. The maximum Gasteiger partial charge on any atom is 0.344 e. The summed E-state index contributed by atoms with van der Waals surface area (Å²) in [5.74, 6) is 1.99. The summed E-state index contributed by atoms with van der Waals surface area (Å²) in [4.78, 5) is 13.2. The third-order valence-corrected chi connectivity index (χ3v) is 6.07. The average molecular weight is 477 g/mol. The first kappa shape index (κ1) is 21.9. The molecule has 0 spiro atoms. The Morgan fingerprint density at radius 3 is 2.21 bits per heavy atom. The summed E-state index contributed by atoms with van der Waals surface area (Å²) in [6.07, 6.45) is 1.89. The average Bonchev–Trinajstić information content (AvgIpc) is 2.87. The van der Waals surface area contributed by atoms with Crippen molar-refractivity contribution in [1.82, 2.24) is 0 Å².